The minimum Gasteiger partial charge on any atom is -0.494 e. The van der Waals surface area contributed by atoms with E-state index in [-0.39, 0.29) is 11.8 Å². The minimum absolute atomic E-state index is 0.108. The molecule has 2 aromatic rings. The van der Waals surface area contributed by atoms with Gasteiger partial charge in [0, 0.05) is 30.4 Å². The van der Waals surface area contributed by atoms with Crippen LogP contribution in [0.5, 0.6) is 5.75 Å². The average molecular weight is 410 g/mol. The second-order valence-corrected chi connectivity index (χ2v) is 7.79. The van der Waals surface area contributed by atoms with E-state index in [0.29, 0.717) is 24.6 Å². The van der Waals surface area contributed by atoms with E-state index < -0.39 is 6.04 Å². The Hall–Kier alpha value is -3.02. The number of amides is 2. The van der Waals surface area contributed by atoms with Gasteiger partial charge in [-0.15, -0.1) is 0 Å². The Morgan fingerprint density at radius 2 is 1.97 bits per heavy atom. The van der Waals surface area contributed by atoms with Gasteiger partial charge in [0.05, 0.1) is 12.8 Å². The summed E-state index contributed by atoms with van der Waals surface area (Å²) in [6.45, 7) is 6.83. The van der Waals surface area contributed by atoms with Crippen LogP contribution in [0.15, 0.2) is 42.5 Å². The van der Waals surface area contributed by atoms with E-state index in [0.717, 1.165) is 35.5 Å². The van der Waals surface area contributed by atoms with Crippen molar-refractivity contribution in [1.29, 1.82) is 0 Å². The highest BCUT2D eigenvalue weighted by Crippen LogP contribution is 2.34. The van der Waals surface area contributed by atoms with Gasteiger partial charge in [0.2, 0.25) is 11.8 Å². The lowest BCUT2D eigenvalue weighted by Gasteiger charge is -2.22. The second kappa shape index (κ2) is 9.65. The van der Waals surface area contributed by atoms with E-state index in [2.05, 4.69) is 30.5 Å². The normalized spacial score (nSPS) is 15.6. The molecule has 1 fully saturated rings. The van der Waals surface area contributed by atoms with Gasteiger partial charge < -0.3 is 20.3 Å². The molecule has 1 saturated heterocycles. The number of carbonyl (C=O) groups is 2. The van der Waals surface area contributed by atoms with Crippen LogP contribution < -0.4 is 20.3 Å². The first-order valence-corrected chi connectivity index (χ1v) is 10.6. The SMILES string of the molecule is CCC(C)c1ccccc1NC(=O)C(C)Nc1ccc(N2CCCC2=O)c(OC)c1. The van der Waals surface area contributed by atoms with E-state index in [1.807, 2.05) is 43.3 Å². The Morgan fingerprint density at radius 3 is 2.63 bits per heavy atom. The summed E-state index contributed by atoms with van der Waals surface area (Å²) in [4.78, 5) is 26.6. The zero-order valence-corrected chi connectivity index (χ0v) is 18.2. The first-order valence-electron chi connectivity index (χ1n) is 10.6. The summed E-state index contributed by atoms with van der Waals surface area (Å²) in [5.41, 5.74) is 3.53. The van der Waals surface area contributed by atoms with Crippen LogP contribution in [0.25, 0.3) is 0 Å². The molecule has 0 saturated carbocycles. The zero-order valence-electron chi connectivity index (χ0n) is 18.2. The molecule has 0 radical (unpaired) electrons. The van der Waals surface area contributed by atoms with Crippen molar-refractivity contribution in [1.82, 2.24) is 0 Å². The largest absolute Gasteiger partial charge is 0.494 e. The molecule has 160 valence electrons. The smallest absolute Gasteiger partial charge is 0.246 e. The first-order chi connectivity index (χ1) is 14.4. The fraction of sp³-hybridized carbons (Fsp3) is 0.417. The van der Waals surface area contributed by atoms with Crippen LogP contribution in [-0.2, 0) is 9.59 Å². The van der Waals surface area contributed by atoms with Crippen molar-refractivity contribution in [3.05, 3.63) is 48.0 Å². The molecule has 1 aliphatic rings. The monoisotopic (exact) mass is 409 g/mol. The van der Waals surface area contributed by atoms with Crippen molar-refractivity contribution >= 4 is 28.9 Å². The number of benzene rings is 2. The molecular weight excluding hydrogens is 378 g/mol. The summed E-state index contributed by atoms with van der Waals surface area (Å²) in [5, 5.41) is 6.28. The molecule has 0 aromatic heterocycles. The fourth-order valence-corrected chi connectivity index (χ4v) is 3.71. The highest BCUT2D eigenvalue weighted by atomic mass is 16.5. The lowest BCUT2D eigenvalue weighted by Crippen LogP contribution is -2.32. The van der Waals surface area contributed by atoms with Gasteiger partial charge in [-0.05, 0) is 49.4 Å². The highest BCUT2D eigenvalue weighted by Gasteiger charge is 2.25. The number of para-hydroxylation sites is 1. The van der Waals surface area contributed by atoms with Crippen LogP contribution in [0, 0.1) is 0 Å². The highest BCUT2D eigenvalue weighted by molar-refractivity contribution is 5.98. The summed E-state index contributed by atoms with van der Waals surface area (Å²) in [6, 6.07) is 13.1. The van der Waals surface area contributed by atoms with Crippen LogP contribution in [0.2, 0.25) is 0 Å². The second-order valence-electron chi connectivity index (χ2n) is 7.79. The van der Waals surface area contributed by atoms with Crippen molar-refractivity contribution in [2.75, 3.05) is 29.2 Å². The number of nitrogens with zero attached hydrogens (tertiary/aromatic N) is 1. The molecule has 3 rings (SSSR count). The number of methoxy groups -OCH3 is 1. The van der Waals surface area contributed by atoms with Crippen molar-refractivity contribution in [2.24, 2.45) is 0 Å². The van der Waals surface area contributed by atoms with Crippen LogP contribution in [0.3, 0.4) is 0 Å². The molecule has 0 bridgehead atoms. The van der Waals surface area contributed by atoms with Crippen LogP contribution in [-0.4, -0.2) is 31.5 Å². The first kappa shape index (κ1) is 21.7. The van der Waals surface area contributed by atoms with Crippen LogP contribution >= 0.6 is 0 Å². The Morgan fingerprint density at radius 1 is 1.20 bits per heavy atom. The topological polar surface area (TPSA) is 70.7 Å². The summed E-state index contributed by atoms with van der Waals surface area (Å²) >= 11 is 0. The molecule has 6 nitrogen and oxygen atoms in total. The molecule has 0 aliphatic carbocycles. The molecule has 2 aromatic carbocycles. The maximum atomic E-state index is 12.8. The third-order valence-corrected chi connectivity index (χ3v) is 5.68. The Balaban J connectivity index is 1.71. The fourth-order valence-electron chi connectivity index (χ4n) is 3.71. The summed E-state index contributed by atoms with van der Waals surface area (Å²) in [7, 11) is 1.59. The Bertz CT molecular complexity index is 912. The van der Waals surface area contributed by atoms with E-state index >= 15 is 0 Å². The number of ether oxygens (including phenoxy) is 1. The Labute approximate surface area is 178 Å². The quantitative estimate of drug-likeness (QED) is 0.659. The van der Waals surface area contributed by atoms with Gasteiger partial charge in [-0.3, -0.25) is 9.59 Å². The molecule has 0 spiro atoms. The summed E-state index contributed by atoms with van der Waals surface area (Å²) < 4.78 is 5.50. The van der Waals surface area contributed by atoms with E-state index in [1.54, 1.807) is 12.0 Å². The van der Waals surface area contributed by atoms with Gasteiger partial charge in [0.25, 0.3) is 0 Å². The molecule has 2 unspecified atom stereocenters. The van der Waals surface area contributed by atoms with Gasteiger partial charge >= 0.3 is 0 Å². The molecule has 6 heteroatoms. The van der Waals surface area contributed by atoms with Gasteiger partial charge in [0.15, 0.2) is 0 Å². The summed E-state index contributed by atoms with van der Waals surface area (Å²) in [6.07, 6.45) is 2.43. The third-order valence-electron chi connectivity index (χ3n) is 5.68. The number of rotatable bonds is 8. The lowest BCUT2D eigenvalue weighted by atomic mass is 9.97. The van der Waals surface area contributed by atoms with Gasteiger partial charge in [0.1, 0.15) is 11.8 Å². The van der Waals surface area contributed by atoms with E-state index in [1.165, 1.54) is 0 Å². The standard InChI is InChI=1S/C24H31N3O3/c1-5-16(2)19-9-6-7-10-20(19)26-24(29)17(3)25-18-12-13-21(22(15-18)30-4)27-14-8-11-23(27)28/h6-7,9-10,12-13,15-17,25H,5,8,11,14H2,1-4H3,(H,26,29). The van der Waals surface area contributed by atoms with Crippen LogP contribution in [0.1, 0.15) is 51.5 Å². The van der Waals surface area contributed by atoms with Gasteiger partial charge in [-0.25, -0.2) is 0 Å². The van der Waals surface area contributed by atoms with Gasteiger partial charge in [-0.2, -0.15) is 0 Å². The van der Waals surface area contributed by atoms with Crippen molar-refractivity contribution in [2.45, 2.75) is 52.0 Å². The molecule has 1 aliphatic heterocycles. The molecule has 2 atom stereocenters. The van der Waals surface area contributed by atoms with Crippen molar-refractivity contribution < 1.29 is 14.3 Å². The number of nitrogens with one attached hydrogen (secondary N) is 2. The molecular formula is C24H31N3O3. The zero-order chi connectivity index (χ0) is 21.7. The molecule has 2 amide bonds. The predicted molar refractivity (Wildman–Crippen MR) is 121 cm³/mol. The van der Waals surface area contributed by atoms with Gasteiger partial charge in [-0.1, -0.05) is 32.0 Å². The number of hydrogen-bond acceptors (Lipinski definition) is 4. The van der Waals surface area contributed by atoms with Crippen molar-refractivity contribution in [3.63, 3.8) is 0 Å². The van der Waals surface area contributed by atoms with E-state index in [4.69, 9.17) is 4.74 Å². The van der Waals surface area contributed by atoms with Crippen molar-refractivity contribution in [3.8, 4) is 5.75 Å². The Kier molecular flexibility index (Phi) is 6.98. The summed E-state index contributed by atoms with van der Waals surface area (Å²) in [5.74, 6) is 0.991. The predicted octanol–water partition coefficient (Wildman–Crippen LogP) is 4.77. The number of anilines is 3. The van der Waals surface area contributed by atoms with Crippen LogP contribution in [0.4, 0.5) is 17.1 Å². The molecule has 30 heavy (non-hydrogen) atoms. The molecule has 2 N–H and O–H groups in total. The molecule has 1 heterocycles. The number of hydrogen-bond donors (Lipinski definition) is 2. The van der Waals surface area contributed by atoms with E-state index in [9.17, 15) is 9.59 Å². The number of carbonyl (C=O) groups excluding carboxylic acids is 2. The maximum absolute atomic E-state index is 12.8. The third kappa shape index (κ3) is 4.75. The lowest BCUT2D eigenvalue weighted by molar-refractivity contribution is -0.117. The minimum atomic E-state index is -0.445. The maximum Gasteiger partial charge on any atom is 0.246 e. The average Bonchev–Trinajstić information content (AvgIpc) is 3.19.